The first-order valence-electron chi connectivity index (χ1n) is 8.55. The van der Waals surface area contributed by atoms with Crippen LogP contribution in [0.25, 0.3) is 5.78 Å². The third kappa shape index (κ3) is 4.03. The largest absolute Gasteiger partial charge is 0.489 e. The van der Waals surface area contributed by atoms with Crippen LogP contribution in [0.5, 0.6) is 5.75 Å². The van der Waals surface area contributed by atoms with E-state index >= 15 is 0 Å². The fraction of sp³-hybridized carbons (Fsp3) is 0.150. The molecule has 2 aromatic heterocycles. The Morgan fingerprint density at radius 2 is 1.93 bits per heavy atom. The van der Waals surface area contributed by atoms with Gasteiger partial charge in [-0.1, -0.05) is 24.3 Å². The normalized spacial score (nSPS) is 10.9. The van der Waals surface area contributed by atoms with E-state index in [-0.39, 0.29) is 5.82 Å². The number of fused-ring (bicyclic) bond motifs is 1. The number of aryl methyl sites for hydroxylation is 1. The van der Waals surface area contributed by atoms with Crippen molar-refractivity contribution in [1.82, 2.24) is 19.6 Å². The summed E-state index contributed by atoms with van der Waals surface area (Å²) in [5, 5.41) is 7.53. The molecule has 0 fully saturated rings. The van der Waals surface area contributed by atoms with Crippen LogP contribution in [0, 0.1) is 12.7 Å². The predicted molar refractivity (Wildman–Crippen MR) is 100 cm³/mol. The minimum Gasteiger partial charge on any atom is -0.489 e. The maximum absolute atomic E-state index is 13.2. The van der Waals surface area contributed by atoms with E-state index in [1.54, 1.807) is 10.6 Å². The number of ether oxygens (including phenoxy) is 1. The summed E-state index contributed by atoms with van der Waals surface area (Å²) in [7, 11) is 0. The van der Waals surface area contributed by atoms with E-state index in [0.29, 0.717) is 18.9 Å². The Hall–Kier alpha value is -3.48. The van der Waals surface area contributed by atoms with E-state index < -0.39 is 0 Å². The topological polar surface area (TPSA) is 64.3 Å². The lowest BCUT2D eigenvalue weighted by molar-refractivity contribution is 0.305. The summed E-state index contributed by atoms with van der Waals surface area (Å²) in [6.07, 6.45) is 1.48. The molecule has 0 saturated heterocycles. The first-order valence-corrected chi connectivity index (χ1v) is 8.55. The molecular weight excluding hydrogens is 345 g/mol. The summed E-state index contributed by atoms with van der Waals surface area (Å²) in [4.78, 5) is 8.44. The molecule has 4 aromatic rings. The van der Waals surface area contributed by atoms with E-state index in [9.17, 15) is 4.39 Å². The summed E-state index contributed by atoms with van der Waals surface area (Å²) >= 11 is 0. The van der Waals surface area contributed by atoms with Crippen molar-refractivity contribution in [3.63, 3.8) is 0 Å². The van der Waals surface area contributed by atoms with Gasteiger partial charge in [-0.05, 0) is 42.3 Å². The molecule has 0 aliphatic heterocycles. The zero-order valence-corrected chi connectivity index (χ0v) is 14.8. The first kappa shape index (κ1) is 17.0. The summed E-state index contributed by atoms with van der Waals surface area (Å²) in [5.74, 6) is 1.88. The highest BCUT2D eigenvalue weighted by atomic mass is 19.1. The number of aromatic nitrogens is 4. The molecule has 27 heavy (non-hydrogen) atoms. The minimum absolute atomic E-state index is 0.259. The fourth-order valence-electron chi connectivity index (χ4n) is 2.75. The molecular formula is C20H18FN5O. The van der Waals surface area contributed by atoms with Gasteiger partial charge in [-0.15, -0.1) is 0 Å². The van der Waals surface area contributed by atoms with Crippen LogP contribution in [-0.2, 0) is 13.2 Å². The second-order valence-corrected chi connectivity index (χ2v) is 6.17. The van der Waals surface area contributed by atoms with E-state index in [2.05, 4.69) is 20.4 Å². The number of hydrogen-bond acceptors (Lipinski definition) is 5. The average molecular weight is 363 g/mol. The van der Waals surface area contributed by atoms with Crippen molar-refractivity contribution in [1.29, 1.82) is 0 Å². The number of nitrogens with zero attached hydrogens (tertiary/aromatic N) is 4. The molecule has 6 nitrogen and oxygen atoms in total. The van der Waals surface area contributed by atoms with Crippen molar-refractivity contribution >= 4 is 11.6 Å². The van der Waals surface area contributed by atoms with Crippen LogP contribution < -0.4 is 10.1 Å². The number of anilines is 1. The third-order valence-corrected chi connectivity index (χ3v) is 4.07. The SMILES string of the molecule is Cc1cc(NCc2ccc(OCc3cccc(F)c3)cc2)n2ncnc2n1. The molecule has 0 amide bonds. The van der Waals surface area contributed by atoms with Gasteiger partial charge in [0.1, 0.15) is 30.3 Å². The van der Waals surface area contributed by atoms with Crippen LogP contribution in [0.3, 0.4) is 0 Å². The zero-order valence-electron chi connectivity index (χ0n) is 14.8. The van der Waals surface area contributed by atoms with E-state index in [0.717, 1.165) is 28.4 Å². The lowest BCUT2D eigenvalue weighted by Gasteiger charge is -2.10. The summed E-state index contributed by atoms with van der Waals surface area (Å²) in [5.41, 5.74) is 2.76. The van der Waals surface area contributed by atoms with Gasteiger partial charge in [0.2, 0.25) is 0 Å². The Bertz CT molecular complexity index is 1060. The molecule has 0 atom stereocenters. The summed E-state index contributed by atoms with van der Waals surface area (Å²) < 4.78 is 20.6. The van der Waals surface area contributed by atoms with E-state index in [1.807, 2.05) is 43.3 Å². The van der Waals surface area contributed by atoms with E-state index in [4.69, 9.17) is 4.74 Å². The lowest BCUT2D eigenvalue weighted by atomic mass is 10.2. The number of nitrogens with one attached hydrogen (secondary N) is 1. The van der Waals surface area contributed by atoms with Crippen LogP contribution in [0.1, 0.15) is 16.8 Å². The summed E-state index contributed by atoms with van der Waals surface area (Å²) in [6.45, 7) is 2.88. The van der Waals surface area contributed by atoms with Gasteiger partial charge in [-0.25, -0.2) is 9.37 Å². The van der Waals surface area contributed by atoms with Gasteiger partial charge in [-0.3, -0.25) is 0 Å². The van der Waals surface area contributed by atoms with Crippen molar-refractivity contribution in [3.05, 3.63) is 83.6 Å². The molecule has 1 N–H and O–H groups in total. The lowest BCUT2D eigenvalue weighted by Crippen LogP contribution is -2.07. The minimum atomic E-state index is -0.259. The molecule has 0 aliphatic carbocycles. The second-order valence-electron chi connectivity index (χ2n) is 6.17. The Morgan fingerprint density at radius 3 is 2.74 bits per heavy atom. The maximum atomic E-state index is 13.2. The van der Waals surface area contributed by atoms with Gasteiger partial charge in [0.15, 0.2) is 0 Å². The molecule has 0 unspecified atom stereocenters. The van der Waals surface area contributed by atoms with Gasteiger partial charge < -0.3 is 10.1 Å². The molecule has 0 bridgehead atoms. The number of hydrogen-bond donors (Lipinski definition) is 1. The Balaban J connectivity index is 1.38. The van der Waals surface area contributed by atoms with Gasteiger partial charge in [0, 0.05) is 18.3 Å². The molecule has 7 heteroatoms. The smallest absolute Gasteiger partial charge is 0.254 e. The Labute approximate surface area is 155 Å². The monoisotopic (exact) mass is 363 g/mol. The molecule has 2 aromatic carbocycles. The predicted octanol–water partition coefficient (Wildman–Crippen LogP) is 3.76. The van der Waals surface area contributed by atoms with Gasteiger partial charge in [-0.2, -0.15) is 14.6 Å². The number of rotatable bonds is 6. The van der Waals surface area contributed by atoms with Crippen LogP contribution in [0.4, 0.5) is 10.2 Å². The molecule has 0 aliphatic rings. The highest BCUT2D eigenvalue weighted by molar-refractivity contribution is 5.45. The van der Waals surface area contributed by atoms with Crippen LogP contribution >= 0.6 is 0 Å². The van der Waals surface area contributed by atoms with Crippen molar-refractivity contribution < 1.29 is 9.13 Å². The standard InChI is InChI=1S/C20H18FN5O/c1-14-9-19(26-20(25-14)23-13-24-26)22-11-15-5-7-18(8-6-15)27-12-16-3-2-4-17(21)10-16/h2-10,13,22H,11-12H2,1H3. The van der Waals surface area contributed by atoms with Crippen molar-refractivity contribution in [3.8, 4) is 5.75 Å². The van der Waals surface area contributed by atoms with Crippen LogP contribution in [0.15, 0.2) is 60.9 Å². The van der Waals surface area contributed by atoms with Crippen molar-refractivity contribution in [2.45, 2.75) is 20.1 Å². The molecule has 0 radical (unpaired) electrons. The Morgan fingerprint density at radius 1 is 1.07 bits per heavy atom. The van der Waals surface area contributed by atoms with E-state index in [1.165, 1.54) is 18.5 Å². The van der Waals surface area contributed by atoms with Gasteiger partial charge in [0.05, 0.1) is 0 Å². The molecule has 136 valence electrons. The molecule has 0 spiro atoms. The molecule has 4 rings (SSSR count). The first-order chi connectivity index (χ1) is 13.2. The number of halogens is 1. The highest BCUT2D eigenvalue weighted by Gasteiger charge is 2.05. The number of benzene rings is 2. The Kier molecular flexibility index (Phi) is 4.65. The van der Waals surface area contributed by atoms with Crippen molar-refractivity contribution in [2.75, 3.05) is 5.32 Å². The quantitative estimate of drug-likeness (QED) is 0.565. The summed E-state index contributed by atoms with van der Waals surface area (Å²) in [6, 6.07) is 16.1. The van der Waals surface area contributed by atoms with Crippen molar-refractivity contribution in [2.24, 2.45) is 0 Å². The maximum Gasteiger partial charge on any atom is 0.254 e. The van der Waals surface area contributed by atoms with Crippen LogP contribution in [0.2, 0.25) is 0 Å². The average Bonchev–Trinajstić information content (AvgIpc) is 3.14. The third-order valence-electron chi connectivity index (χ3n) is 4.07. The van der Waals surface area contributed by atoms with Gasteiger partial charge >= 0.3 is 0 Å². The molecule has 0 saturated carbocycles. The van der Waals surface area contributed by atoms with Gasteiger partial charge in [0.25, 0.3) is 5.78 Å². The van der Waals surface area contributed by atoms with Crippen LogP contribution in [-0.4, -0.2) is 19.6 Å². The fourth-order valence-corrected chi connectivity index (χ4v) is 2.75. The molecule has 2 heterocycles. The highest BCUT2D eigenvalue weighted by Crippen LogP contribution is 2.16. The zero-order chi connectivity index (χ0) is 18.6. The second kappa shape index (κ2) is 7.41.